The van der Waals surface area contributed by atoms with E-state index >= 15 is 0 Å². The van der Waals surface area contributed by atoms with E-state index in [1.54, 1.807) is 6.08 Å². The number of benzene rings is 4. The lowest BCUT2D eigenvalue weighted by Gasteiger charge is -2.39. The molecule has 1 fully saturated rings. The van der Waals surface area contributed by atoms with Gasteiger partial charge in [0.2, 0.25) is 5.91 Å². The summed E-state index contributed by atoms with van der Waals surface area (Å²) in [5, 5.41) is 0. The van der Waals surface area contributed by atoms with E-state index in [-0.39, 0.29) is 11.9 Å². The van der Waals surface area contributed by atoms with Crippen LogP contribution in [0.5, 0.6) is 5.75 Å². The average molecular weight is 489 g/mol. The lowest BCUT2D eigenvalue weighted by molar-refractivity contribution is -0.127. The van der Waals surface area contributed by atoms with Crippen molar-refractivity contribution in [3.8, 4) is 5.75 Å². The summed E-state index contributed by atoms with van der Waals surface area (Å²) in [7, 11) is 0. The van der Waals surface area contributed by atoms with Gasteiger partial charge in [0.15, 0.2) is 0 Å². The Morgan fingerprint density at radius 1 is 0.703 bits per heavy atom. The van der Waals surface area contributed by atoms with Crippen LogP contribution in [0.1, 0.15) is 28.3 Å². The van der Waals surface area contributed by atoms with Crippen LogP contribution in [0.4, 0.5) is 0 Å². The van der Waals surface area contributed by atoms with Crippen molar-refractivity contribution in [2.45, 2.75) is 12.6 Å². The highest BCUT2D eigenvalue weighted by Crippen LogP contribution is 2.29. The van der Waals surface area contributed by atoms with Crippen LogP contribution in [0.15, 0.2) is 121 Å². The normalized spacial score (nSPS) is 14.2. The molecule has 37 heavy (non-hydrogen) atoms. The van der Waals surface area contributed by atoms with Crippen molar-refractivity contribution in [3.05, 3.63) is 144 Å². The van der Waals surface area contributed by atoms with E-state index in [1.807, 2.05) is 65.6 Å². The SMILES string of the molecule is O=C(/C=C/c1ccc(OCc2ccccc2)cc1)N1CCN(C(c2ccccc2)c2ccccc2)CC1. The maximum atomic E-state index is 12.9. The minimum absolute atomic E-state index is 0.0556. The summed E-state index contributed by atoms with van der Waals surface area (Å²) < 4.78 is 5.86. The first-order valence-corrected chi connectivity index (χ1v) is 12.8. The van der Waals surface area contributed by atoms with Crippen LogP contribution in [-0.2, 0) is 11.4 Å². The Kier molecular flexibility index (Phi) is 8.09. The molecule has 0 N–H and O–H groups in total. The molecule has 4 heteroatoms. The van der Waals surface area contributed by atoms with Gasteiger partial charge < -0.3 is 9.64 Å². The van der Waals surface area contributed by atoms with Gasteiger partial charge in [-0.1, -0.05) is 103 Å². The van der Waals surface area contributed by atoms with E-state index in [0.717, 1.165) is 30.0 Å². The van der Waals surface area contributed by atoms with Crippen molar-refractivity contribution in [3.63, 3.8) is 0 Å². The highest BCUT2D eigenvalue weighted by molar-refractivity contribution is 5.91. The zero-order valence-electron chi connectivity index (χ0n) is 20.9. The van der Waals surface area contributed by atoms with Crippen molar-refractivity contribution >= 4 is 12.0 Å². The predicted octanol–water partition coefficient (Wildman–Crippen LogP) is 6.21. The van der Waals surface area contributed by atoms with Crippen molar-refractivity contribution in [2.24, 2.45) is 0 Å². The standard InChI is InChI=1S/C33H32N2O2/c36-32(21-18-27-16-19-31(20-17-27)37-26-28-10-4-1-5-11-28)34-22-24-35(25-23-34)33(29-12-6-2-7-13-29)30-14-8-3-9-15-30/h1-21,33H,22-26H2/b21-18+. The van der Waals surface area contributed by atoms with Crippen LogP contribution in [0.25, 0.3) is 6.08 Å². The fraction of sp³-hybridized carbons (Fsp3) is 0.182. The number of rotatable bonds is 8. The zero-order valence-corrected chi connectivity index (χ0v) is 20.9. The maximum Gasteiger partial charge on any atom is 0.246 e. The average Bonchev–Trinajstić information content (AvgIpc) is 2.97. The third-order valence-corrected chi connectivity index (χ3v) is 6.77. The molecule has 1 amide bonds. The topological polar surface area (TPSA) is 32.8 Å². The second-order valence-corrected chi connectivity index (χ2v) is 9.26. The van der Waals surface area contributed by atoms with Crippen molar-refractivity contribution in [2.75, 3.05) is 26.2 Å². The Labute approximate surface area is 219 Å². The highest BCUT2D eigenvalue weighted by atomic mass is 16.5. The van der Waals surface area contributed by atoms with Gasteiger partial charge in [0.1, 0.15) is 12.4 Å². The van der Waals surface area contributed by atoms with Crippen molar-refractivity contribution in [1.82, 2.24) is 9.80 Å². The molecular weight excluding hydrogens is 456 g/mol. The van der Waals surface area contributed by atoms with Gasteiger partial charge in [0.25, 0.3) is 0 Å². The van der Waals surface area contributed by atoms with E-state index in [9.17, 15) is 4.79 Å². The van der Waals surface area contributed by atoms with Gasteiger partial charge in [-0.2, -0.15) is 0 Å². The summed E-state index contributed by atoms with van der Waals surface area (Å²) in [6, 6.07) is 39.4. The van der Waals surface area contributed by atoms with E-state index < -0.39 is 0 Å². The van der Waals surface area contributed by atoms with Crippen LogP contribution in [-0.4, -0.2) is 41.9 Å². The molecule has 4 nitrogen and oxygen atoms in total. The number of carbonyl (C=O) groups excluding carboxylic acids is 1. The molecule has 0 saturated carbocycles. The first kappa shape index (κ1) is 24.5. The Bertz CT molecular complexity index is 1240. The molecule has 0 spiro atoms. The summed E-state index contributed by atoms with van der Waals surface area (Å²) >= 11 is 0. The van der Waals surface area contributed by atoms with E-state index in [0.29, 0.717) is 19.7 Å². The molecule has 0 unspecified atom stereocenters. The third-order valence-electron chi connectivity index (χ3n) is 6.77. The molecule has 1 saturated heterocycles. The number of amides is 1. The molecule has 0 radical (unpaired) electrons. The van der Waals surface area contributed by atoms with Gasteiger partial charge >= 0.3 is 0 Å². The van der Waals surface area contributed by atoms with Crippen LogP contribution >= 0.6 is 0 Å². The molecule has 1 aliphatic heterocycles. The first-order valence-electron chi connectivity index (χ1n) is 12.8. The summed E-state index contributed by atoms with van der Waals surface area (Å²) in [5.74, 6) is 0.870. The summed E-state index contributed by atoms with van der Waals surface area (Å²) in [6.07, 6.45) is 3.56. The maximum absolute atomic E-state index is 12.9. The number of ether oxygens (including phenoxy) is 1. The third kappa shape index (κ3) is 6.54. The van der Waals surface area contributed by atoms with Gasteiger partial charge in [-0.25, -0.2) is 0 Å². The van der Waals surface area contributed by atoms with Gasteiger partial charge in [-0.15, -0.1) is 0 Å². The lowest BCUT2D eigenvalue weighted by Crippen LogP contribution is -2.49. The monoisotopic (exact) mass is 488 g/mol. The zero-order chi connectivity index (χ0) is 25.3. The molecular formula is C33H32N2O2. The Hall–Kier alpha value is -4.15. The molecule has 0 bridgehead atoms. The number of hydrogen-bond acceptors (Lipinski definition) is 3. The smallest absolute Gasteiger partial charge is 0.246 e. The lowest BCUT2D eigenvalue weighted by atomic mass is 9.96. The molecule has 5 rings (SSSR count). The van der Waals surface area contributed by atoms with Crippen LogP contribution in [0.2, 0.25) is 0 Å². The van der Waals surface area contributed by atoms with Crippen molar-refractivity contribution < 1.29 is 9.53 Å². The quantitative estimate of drug-likeness (QED) is 0.276. The molecule has 0 aliphatic carbocycles. The minimum Gasteiger partial charge on any atom is -0.489 e. The van der Waals surface area contributed by atoms with E-state index in [2.05, 4.69) is 65.6 Å². The predicted molar refractivity (Wildman–Crippen MR) is 149 cm³/mol. The van der Waals surface area contributed by atoms with Crippen LogP contribution in [0, 0.1) is 0 Å². The number of nitrogens with zero attached hydrogens (tertiary/aromatic N) is 2. The fourth-order valence-electron chi connectivity index (χ4n) is 4.77. The Morgan fingerprint density at radius 2 is 1.24 bits per heavy atom. The van der Waals surface area contributed by atoms with Gasteiger partial charge in [0.05, 0.1) is 6.04 Å². The Balaban J connectivity index is 1.16. The highest BCUT2D eigenvalue weighted by Gasteiger charge is 2.27. The van der Waals surface area contributed by atoms with Crippen molar-refractivity contribution in [1.29, 1.82) is 0 Å². The largest absolute Gasteiger partial charge is 0.489 e. The molecule has 1 heterocycles. The van der Waals surface area contributed by atoms with E-state index in [1.165, 1.54) is 11.1 Å². The second-order valence-electron chi connectivity index (χ2n) is 9.26. The summed E-state index contributed by atoms with van der Waals surface area (Å²) in [4.78, 5) is 17.3. The van der Waals surface area contributed by atoms with Gasteiger partial charge in [-0.3, -0.25) is 9.69 Å². The molecule has 0 aromatic heterocycles. The van der Waals surface area contributed by atoms with Gasteiger partial charge in [-0.05, 0) is 40.5 Å². The summed E-state index contributed by atoms with van der Waals surface area (Å²) in [5.41, 5.74) is 4.68. The van der Waals surface area contributed by atoms with E-state index in [4.69, 9.17) is 4.74 Å². The number of hydrogen-bond donors (Lipinski definition) is 0. The van der Waals surface area contributed by atoms with Crippen LogP contribution < -0.4 is 4.74 Å². The molecule has 4 aromatic rings. The first-order chi connectivity index (χ1) is 18.3. The molecule has 4 aromatic carbocycles. The van der Waals surface area contributed by atoms with Gasteiger partial charge in [0, 0.05) is 32.3 Å². The number of carbonyl (C=O) groups is 1. The summed E-state index contributed by atoms with van der Waals surface area (Å²) in [6.45, 7) is 3.63. The fourth-order valence-corrected chi connectivity index (χ4v) is 4.77. The Morgan fingerprint density at radius 3 is 1.81 bits per heavy atom. The molecule has 0 atom stereocenters. The second kappa shape index (κ2) is 12.2. The van der Waals surface area contributed by atoms with Crippen LogP contribution in [0.3, 0.4) is 0 Å². The molecule has 1 aliphatic rings. The minimum atomic E-state index is 0.0556. The molecule has 186 valence electrons. The number of piperazine rings is 1.